The highest BCUT2D eigenvalue weighted by Crippen LogP contribution is 2.36. The third-order valence-electron chi connectivity index (χ3n) is 3.94. The number of aromatic nitrogens is 3. The molecule has 1 aliphatic rings. The van der Waals surface area contributed by atoms with E-state index in [1.807, 2.05) is 5.38 Å². The van der Waals surface area contributed by atoms with Crippen molar-refractivity contribution < 1.29 is 4.52 Å². The molecule has 2 aromatic rings. The molecule has 0 bridgehead atoms. The highest BCUT2D eigenvalue weighted by atomic mass is 32.1. The fourth-order valence-electron chi connectivity index (χ4n) is 2.84. The number of nitrogen functional groups attached to an aromatic ring is 1. The maximum atomic E-state index is 5.61. The van der Waals surface area contributed by atoms with Crippen molar-refractivity contribution >= 4 is 16.5 Å². The topological polar surface area (TPSA) is 77.8 Å². The number of aryl methyl sites for hydroxylation is 2. The lowest BCUT2D eigenvalue weighted by Crippen LogP contribution is -1.97. The first-order valence-electron chi connectivity index (χ1n) is 7.23. The molecule has 2 heterocycles. The molecule has 3 rings (SSSR count). The van der Waals surface area contributed by atoms with Crippen LogP contribution in [0.25, 0.3) is 0 Å². The Balaban J connectivity index is 1.50. The largest absolute Gasteiger partial charge is 0.375 e. The molecule has 20 heavy (non-hydrogen) atoms. The minimum Gasteiger partial charge on any atom is -0.375 e. The van der Waals surface area contributed by atoms with Crippen LogP contribution in [-0.4, -0.2) is 15.1 Å². The van der Waals surface area contributed by atoms with E-state index < -0.39 is 0 Å². The summed E-state index contributed by atoms with van der Waals surface area (Å²) in [4.78, 5) is 8.79. The minimum absolute atomic E-state index is 0.501. The summed E-state index contributed by atoms with van der Waals surface area (Å²) in [6, 6.07) is 0. The standard InChI is InChI=1S/C14H20N4OS/c1-9-5-6-10(7-9)13-17-12(19-18-13)4-2-3-11-8-20-14(15)16-11/h8-10H,2-7H2,1H3,(H2,15,16). The summed E-state index contributed by atoms with van der Waals surface area (Å²) in [6.45, 7) is 2.29. The van der Waals surface area contributed by atoms with Crippen LogP contribution in [0, 0.1) is 5.92 Å². The van der Waals surface area contributed by atoms with Crippen molar-refractivity contribution in [3.63, 3.8) is 0 Å². The summed E-state index contributed by atoms with van der Waals surface area (Å²) in [6.07, 6.45) is 6.35. The van der Waals surface area contributed by atoms with Gasteiger partial charge in [-0.1, -0.05) is 12.1 Å². The summed E-state index contributed by atoms with van der Waals surface area (Å²) < 4.78 is 5.35. The molecule has 5 nitrogen and oxygen atoms in total. The Hall–Kier alpha value is -1.43. The van der Waals surface area contributed by atoms with Crippen LogP contribution in [0.15, 0.2) is 9.90 Å². The molecule has 2 aromatic heterocycles. The molecule has 0 aromatic carbocycles. The lowest BCUT2D eigenvalue weighted by atomic mass is 10.1. The first-order chi connectivity index (χ1) is 9.70. The second kappa shape index (κ2) is 5.91. The van der Waals surface area contributed by atoms with Gasteiger partial charge in [-0.3, -0.25) is 0 Å². The van der Waals surface area contributed by atoms with Crippen molar-refractivity contribution in [3.8, 4) is 0 Å². The molecule has 2 atom stereocenters. The van der Waals surface area contributed by atoms with E-state index in [2.05, 4.69) is 22.0 Å². The smallest absolute Gasteiger partial charge is 0.226 e. The van der Waals surface area contributed by atoms with Gasteiger partial charge in [0.1, 0.15) is 0 Å². The van der Waals surface area contributed by atoms with Gasteiger partial charge in [0.25, 0.3) is 0 Å². The van der Waals surface area contributed by atoms with E-state index in [9.17, 15) is 0 Å². The van der Waals surface area contributed by atoms with E-state index in [1.165, 1.54) is 30.6 Å². The quantitative estimate of drug-likeness (QED) is 0.915. The van der Waals surface area contributed by atoms with Crippen LogP contribution >= 0.6 is 11.3 Å². The van der Waals surface area contributed by atoms with Gasteiger partial charge in [0.05, 0.1) is 5.69 Å². The third kappa shape index (κ3) is 3.17. The number of hydrogen-bond acceptors (Lipinski definition) is 6. The van der Waals surface area contributed by atoms with Crippen LogP contribution in [0.3, 0.4) is 0 Å². The normalized spacial score (nSPS) is 22.4. The summed E-state index contributed by atoms with van der Waals surface area (Å²) in [5, 5.41) is 6.79. The average molecular weight is 292 g/mol. The molecular weight excluding hydrogens is 272 g/mol. The monoisotopic (exact) mass is 292 g/mol. The van der Waals surface area contributed by atoms with E-state index in [0.29, 0.717) is 11.0 Å². The van der Waals surface area contributed by atoms with Gasteiger partial charge in [-0.25, -0.2) is 4.98 Å². The van der Waals surface area contributed by atoms with Crippen LogP contribution in [0.4, 0.5) is 5.13 Å². The van der Waals surface area contributed by atoms with Crippen molar-refractivity contribution in [1.82, 2.24) is 15.1 Å². The first kappa shape index (κ1) is 13.5. The van der Waals surface area contributed by atoms with E-state index in [-0.39, 0.29) is 0 Å². The van der Waals surface area contributed by atoms with Crippen LogP contribution in [0.1, 0.15) is 55.9 Å². The SMILES string of the molecule is CC1CCC(c2noc(CCCc3csc(N)n3)n2)C1. The molecule has 108 valence electrons. The maximum absolute atomic E-state index is 5.61. The summed E-state index contributed by atoms with van der Waals surface area (Å²) in [5.74, 6) is 2.95. The van der Waals surface area contributed by atoms with Crippen LogP contribution in [0.2, 0.25) is 0 Å². The van der Waals surface area contributed by atoms with Gasteiger partial charge in [-0.05, 0) is 38.0 Å². The minimum atomic E-state index is 0.501. The number of thiazole rings is 1. The molecule has 0 radical (unpaired) electrons. The predicted octanol–water partition coefficient (Wildman–Crippen LogP) is 3.19. The van der Waals surface area contributed by atoms with E-state index >= 15 is 0 Å². The number of nitrogens with zero attached hydrogens (tertiary/aromatic N) is 3. The molecule has 2 unspecified atom stereocenters. The zero-order valence-electron chi connectivity index (χ0n) is 11.7. The highest BCUT2D eigenvalue weighted by molar-refractivity contribution is 7.13. The van der Waals surface area contributed by atoms with Crippen LogP contribution in [-0.2, 0) is 12.8 Å². The molecule has 1 fully saturated rings. The fourth-order valence-corrected chi connectivity index (χ4v) is 3.43. The van der Waals surface area contributed by atoms with Gasteiger partial charge in [0.15, 0.2) is 11.0 Å². The summed E-state index contributed by atoms with van der Waals surface area (Å²) >= 11 is 1.49. The first-order valence-corrected chi connectivity index (χ1v) is 8.11. The Labute approximate surface area is 122 Å². The van der Waals surface area contributed by atoms with Crippen molar-refractivity contribution in [2.75, 3.05) is 5.73 Å². The van der Waals surface area contributed by atoms with Gasteiger partial charge in [0.2, 0.25) is 5.89 Å². The Morgan fingerprint density at radius 2 is 2.25 bits per heavy atom. The predicted molar refractivity (Wildman–Crippen MR) is 78.6 cm³/mol. The van der Waals surface area contributed by atoms with E-state index in [1.54, 1.807) is 0 Å². The molecule has 1 aliphatic carbocycles. The molecular formula is C14H20N4OS. The van der Waals surface area contributed by atoms with E-state index in [0.717, 1.165) is 42.6 Å². The van der Waals surface area contributed by atoms with Crippen molar-refractivity contribution in [2.24, 2.45) is 5.92 Å². The van der Waals surface area contributed by atoms with Crippen LogP contribution in [0.5, 0.6) is 0 Å². The second-order valence-corrected chi connectivity index (χ2v) is 6.58. The Bertz CT molecular complexity index is 565. The molecule has 0 aliphatic heterocycles. The number of anilines is 1. The molecule has 0 spiro atoms. The molecule has 1 saturated carbocycles. The Morgan fingerprint density at radius 1 is 1.35 bits per heavy atom. The van der Waals surface area contributed by atoms with Gasteiger partial charge in [-0.15, -0.1) is 11.3 Å². The molecule has 6 heteroatoms. The number of rotatable bonds is 5. The number of hydrogen-bond donors (Lipinski definition) is 1. The Kier molecular flexibility index (Phi) is 4.00. The van der Waals surface area contributed by atoms with Crippen molar-refractivity contribution in [2.45, 2.75) is 51.4 Å². The van der Waals surface area contributed by atoms with Gasteiger partial charge in [0, 0.05) is 17.7 Å². The maximum Gasteiger partial charge on any atom is 0.226 e. The summed E-state index contributed by atoms with van der Waals surface area (Å²) in [7, 11) is 0. The zero-order valence-corrected chi connectivity index (χ0v) is 12.5. The fraction of sp³-hybridized carbons (Fsp3) is 0.643. The van der Waals surface area contributed by atoms with Crippen molar-refractivity contribution in [1.29, 1.82) is 0 Å². The molecule has 0 amide bonds. The van der Waals surface area contributed by atoms with Crippen molar-refractivity contribution in [3.05, 3.63) is 22.8 Å². The third-order valence-corrected chi connectivity index (χ3v) is 4.66. The lowest BCUT2D eigenvalue weighted by Gasteiger charge is -2.01. The number of nitrogens with two attached hydrogens (primary N) is 1. The average Bonchev–Trinajstić information content (AvgIpc) is 3.11. The molecule has 2 N–H and O–H groups in total. The molecule has 0 saturated heterocycles. The Morgan fingerprint density at radius 3 is 2.95 bits per heavy atom. The van der Waals surface area contributed by atoms with E-state index in [4.69, 9.17) is 10.3 Å². The van der Waals surface area contributed by atoms with Gasteiger partial charge in [-0.2, -0.15) is 4.98 Å². The highest BCUT2D eigenvalue weighted by Gasteiger charge is 2.26. The second-order valence-electron chi connectivity index (χ2n) is 5.69. The van der Waals surface area contributed by atoms with Crippen LogP contribution < -0.4 is 5.73 Å². The zero-order chi connectivity index (χ0) is 13.9. The van der Waals surface area contributed by atoms with Gasteiger partial charge >= 0.3 is 0 Å². The summed E-state index contributed by atoms with van der Waals surface area (Å²) in [5.41, 5.74) is 6.66. The lowest BCUT2D eigenvalue weighted by molar-refractivity contribution is 0.366. The van der Waals surface area contributed by atoms with Gasteiger partial charge < -0.3 is 10.3 Å².